The first-order valence-electron chi connectivity index (χ1n) is 9.89. The minimum Gasteiger partial charge on any atom is -0.497 e. The summed E-state index contributed by atoms with van der Waals surface area (Å²) in [6, 6.07) is 22.8. The molecule has 1 amide bonds. The number of benzene rings is 3. The van der Waals surface area contributed by atoms with Gasteiger partial charge in [0.1, 0.15) is 5.75 Å². The summed E-state index contributed by atoms with van der Waals surface area (Å²) in [6.45, 7) is 1.90. The molecule has 8 heteroatoms. The maximum atomic E-state index is 12.6. The third kappa shape index (κ3) is 4.95. The highest BCUT2D eigenvalue weighted by molar-refractivity contribution is 7.99. The number of aromatic nitrogens is 3. The fourth-order valence-electron chi connectivity index (χ4n) is 3.19. The standard InChI is InChI=1S/C24H21ClN4O2S/c1-16-14-18(25)8-13-21(16)26-22(30)15-32-24-28-27-23(17-6-4-3-5-7-17)29(24)19-9-11-20(31-2)12-10-19/h3-14H,15H2,1-2H3,(H,26,30). The fourth-order valence-corrected chi connectivity index (χ4v) is 4.16. The number of carbonyl (C=O) groups is 1. The van der Waals surface area contributed by atoms with Crippen molar-refractivity contribution in [2.75, 3.05) is 18.2 Å². The van der Waals surface area contributed by atoms with Crippen LogP contribution in [0.3, 0.4) is 0 Å². The van der Waals surface area contributed by atoms with Crippen LogP contribution in [-0.2, 0) is 4.79 Å². The minimum atomic E-state index is -0.133. The van der Waals surface area contributed by atoms with Crippen molar-refractivity contribution in [1.82, 2.24) is 14.8 Å². The van der Waals surface area contributed by atoms with E-state index in [9.17, 15) is 4.79 Å². The van der Waals surface area contributed by atoms with Crippen molar-refractivity contribution in [1.29, 1.82) is 0 Å². The lowest BCUT2D eigenvalue weighted by Gasteiger charge is -2.12. The van der Waals surface area contributed by atoms with E-state index in [1.807, 2.05) is 72.2 Å². The molecule has 0 aliphatic carbocycles. The molecule has 0 fully saturated rings. The van der Waals surface area contributed by atoms with Gasteiger partial charge in [-0.15, -0.1) is 10.2 Å². The fraction of sp³-hybridized carbons (Fsp3) is 0.125. The Morgan fingerprint density at radius 3 is 2.50 bits per heavy atom. The summed E-state index contributed by atoms with van der Waals surface area (Å²) >= 11 is 7.32. The molecular formula is C24H21ClN4O2S. The van der Waals surface area contributed by atoms with Crippen molar-refractivity contribution < 1.29 is 9.53 Å². The average molecular weight is 465 g/mol. The molecule has 0 radical (unpaired) electrons. The van der Waals surface area contributed by atoms with Crippen LogP contribution >= 0.6 is 23.4 Å². The predicted octanol–water partition coefficient (Wildman–Crippen LogP) is 5.64. The first-order chi connectivity index (χ1) is 15.5. The Labute approximate surface area is 195 Å². The smallest absolute Gasteiger partial charge is 0.234 e. The molecule has 0 atom stereocenters. The van der Waals surface area contributed by atoms with Gasteiger partial charge in [0.2, 0.25) is 5.91 Å². The topological polar surface area (TPSA) is 69.0 Å². The van der Waals surface area contributed by atoms with Crippen LogP contribution in [0, 0.1) is 6.92 Å². The number of hydrogen-bond acceptors (Lipinski definition) is 5. The van der Waals surface area contributed by atoms with Crippen LogP contribution in [0.5, 0.6) is 5.75 Å². The van der Waals surface area contributed by atoms with Gasteiger partial charge in [0.25, 0.3) is 0 Å². The number of anilines is 1. The zero-order chi connectivity index (χ0) is 22.5. The van der Waals surface area contributed by atoms with Crippen LogP contribution < -0.4 is 10.1 Å². The van der Waals surface area contributed by atoms with Crippen LogP contribution in [0.15, 0.2) is 78.0 Å². The van der Waals surface area contributed by atoms with Gasteiger partial charge in [0.15, 0.2) is 11.0 Å². The number of aryl methyl sites for hydroxylation is 1. The van der Waals surface area contributed by atoms with Gasteiger partial charge in [0.05, 0.1) is 12.9 Å². The van der Waals surface area contributed by atoms with Crippen molar-refractivity contribution in [2.45, 2.75) is 12.1 Å². The summed E-state index contributed by atoms with van der Waals surface area (Å²) in [4.78, 5) is 12.6. The molecule has 0 unspecified atom stereocenters. The Morgan fingerprint density at radius 1 is 1.06 bits per heavy atom. The summed E-state index contributed by atoms with van der Waals surface area (Å²) in [5.74, 6) is 1.51. The zero-order valence-electron chi connectivity index (χ0n) is 17.6. The van der Waals surface area contributed by atoms with Crippen molar-refractivity contribution in [3.05, 3.63) is 83.4 Å². The molecule has 1 heterocycles. The van der Waals surface area contributed by atoms with E-state index < -0.39 is 0 Å². The van der Waals surface area contributed by atoms with Gasteiger partial charge < -0.3 is 10.1 Å². The van der Waals surface area contributed by atoms with Gasteiger partial charge in [-0.05, 0) is 55.0 Å². The molecule has 162 valence electrons. The van der Waals surface area contributed by atoms with E-state index in [2.05, 4.69) is 15.5 Å². The van der Waals surface area contributed by atoms with Gasteiger partial charge >= 0.3 is 0 Å². The molecular weight excluding hydrogens is 444 g/mol. The van der Waals surface area contributed by atoms with Crippen molar-refractivity contribution in [2.24, 2.45) is 0 Å². The average Bonchev–Trinajstić information content (AvgIpc) is 3.24. The lowest BCUT2D eigenvalue weighted by atomic mass is 10.2. The van der Waals surface area contributed by atoms with E-state index in [1.165, 1.54) is 11.8 Å². The first kappa shape index (κ1) is 21.9. The highest BCUT2D eigenvalue weighted by atomic mass is 35.5. The lowest BCUT2D eigenvalue weighted by molar-refractivity contribution is -0.113. The summed E-state index contributed by atoms with van der Waals surface area (Å²) in [5.41, 5.74) is 3.46. The summed E-state index contributed by atoms with van der Waals surface area (Å²) in [7, 11) is 1.63. The largest absolute Gasteiger partial charge is 0.497 e. The molecule has 6 nitrogen and oxygen atoms in total. The Morgan fingerprint density at radius 2 is 1.81 bits per heavy atom. The Kier molecular flexibility index (Phi) is 6.78. The number of nitrogens with zero attached hydrogens (tertiary/aromatic N) is 3. The number of hydrogen-bond donors (Lipinski definition) is 1. The Balaban J connectivity index is 1.59. The monoisotopic (exact) mass is 464 g/mol. The Bertz CT molecular complexity index is 1230. The molecule has 0 saturated carbocycles. The van der Waals surface area contributed by atoms with Crippen molar-refractivity contribution in [3.8, 4) is 22.8 Å². The van der Waals surface area contributed by atoms with E-state index in [0.29, 0.717) is 16.0 Å². The third-order valence-electron chi connectivity index (χ3n) is 4.79. The SMILES string of the molecule is COc1ccc(-n2c(SCC(=O)Nc3ccc(Cl)cc3C)nnc2-c2ccccc2)cc1. The van der Waals surface area contributed by atoms with Crippen molar-refractivity contribution in [3.63, 3.8) is 0 Å². The summed E-state index contributed by atoms with van der Waals surface area (Å²) in [5, 5.41) is 13.0. The maximum Gasteiger partial charge on any atom is 0.234 e. The molecule has 0 bridgehead atoms. The molecule has 1 aromatic heterocycles. The molecule has 0 spiro atoms. The van der Waals surface area contributed by atoms with Crippen LogP contribution in [0.25, 0.3) is 17.1 Å². The summed E-state index contributed by atoms with van der Waals surface area (Å²) < 4.78 is 7.22. The third-order valence-corrected chi connectivity index (χ3v) is 5.95. The highest BCUT2D eigenvalue weighted by Crippen LogP contribution is 2.29. The van der Waals surface area contributed by atoms with E-state index in [1.54, 1.807) is 19.2 Å². The number of rotatable bonds is 7. The number of ether oxygens (including phenoxy) is 1. The van der Waals surface area contributed by atoms with Gasteiger partial charge in [-0.25, -0.2) is 0 Å². The molecule has 1 N–H and O–H groups in total. The van der Waals surface area contributed by atoms with E-state index in [0.717, 1.165) is 28.3 Å². The second-order valence-corrected chi connectivity index (χ2v) is 8.38. The number of amides is 1. The first-order valence-corrected chi connectivity index (χ1v) is 11.3. The molecule has 4 aromatic rings. The quantitative estimate of drug-likeness (QED) is 0.359. The van der Waals surface area contributed by atoms with Gasteiger partial charge in [-0.1, -0.05) is 53.7 Å². The second-order valence-electron chi connectivity index (χ2n) is 7.00. The van der Waals surface area contributed by atoms with Crippen LogP contribution in [0.2, 0.25) is 5.02 Å². The summed E-state index contributed by atoms with van der Waals surface area (Å²) in [6.07, 6.45) is 0. The molecule has 0 aliphatic rings. The van der Waals surface area contributed by atoms with Crippen LogP contribution in [0.1, 0.15) is 5.56 Å². The zero-order valence-corrected chi connectivity index (χ0v) is 19.2. The van der Waals surface area contributed by atoms with Gasteiger partial charge in [0, 0.05) is 22.0 Å². The highest BCUT2D eigenvalue weighted by Gasteiger charge is 2.17. The van der Waals surface area contributed by atoms with E-state index in [4.69, 9.17) is 16.3 Å². The number of halogens is 1. The number of nitrogens with one attached hydrogen (secondary N) is 1. The normalized spacial score (nSPS) is 10.7. The van der Waals surface area contributed by atoms with Gasteiger partial charge in [-0.3, -0.25) is 9.36 Å². The molecule has 4 rings (SSSR count). The molecule has 0 aliphatic heterocycles. The predicted molar refractivity (Wildman–Crippen MR) is 129 cm³/mol. The Hall–Kier alpha value is -3.29. The molecule has 32 heavy (non-hydrogen) atoms. The van der Waals surface area contributed by atoms with Gasteiger partial charge in [-0.2, -0.15) is 0 Å². The number of carbonyl (C=O) groups excluding carboxylic acids is 1. The number of thioether (sulfide) groups is 1. The number of methoxy groups -OCH3 is 1. The minimum absolute atomic E-state index is 0.133. The lowest BCUT2D eigenvalue weighted by Crippen LogP contribution is -2.15. The molecule has 0 saturated heterocycles. The second kappa shape index (κ2) is 9.89. The van der Waals surface area contributed by atoms with E-state index in [-0.39, 0.29) is 11.7 Å². The van der Waals surface area contributed by atoms with Crippen LogP contribution in [-0.4, -0.2) is 33.5 Å². The molecule has 3 aromatic carbocycles. The maximum absolute atomic E-state index is 12.6. The van der Waals surface area contributed by atoms with Crippen molar-refractivity contribution >= 4 is 35.0 Å². The van der Waals surface area contributed by atoms with Crippen LogP contribution in [0.4, 0.5) is 5.69 Å². The van der Waals surface area contributed by atoms with E-state index >= 15 is 0 Å².